The van der Waals surface area contributed by atoms with Gasteiger partial charge in [-0.25, -0.2) is 4.98 Å². The van der Waals surface area contributed by atoms with Crippen molar-refractivity contribution in [1.82, 2.24) is 20.1 Å². The second-order valence-corrected chi connectivity index (χ2v) is 4.35. The number of aromatic nitrogens is 3. The topological polar surface area (TPSA) is 92.4 Å². The molecule has 2 N–H and O–H groups in total. The zero-order chi connectivity index (χ0) is 12.9. The molecule has 0 aromatic carbocycles. The summed E-state index contributed by atoms with van der Waals surface area (Å²) in [5, 5.41) is 18.2. The summed E-state index contributed by atoms with van der Waals surface area (Å²) in [7, 11) is 1.57. The molecule has 17 heavy (non-hydrogen) atoms. The Balaban J connectivity index is 2.91. The standard InChI is InChI=1S/C10H17N5O2/c1-10(2,5-14-17)8(9(16)11-3)4-15-7-12-6-13-15/h5-8,17H,4H2,1-3H3,(H,11,16). The number of rotatable bonds is 5. The number of amides is 1. The molecule has 7 nitrogen and oxygen atoms in total. The van der Waals surface area contributed by atoms with Crippen molar-refractivity contribution in [1.29, 1.82) is 0 Å². The molecular weight excluding hydrogens is 222 g/mol. The Morgan fingerprint density at radius 1 is 1.71 bits per heavy atom. The van der Waals surface area contributed by atoms with Crippen LogP contribution in [0, 0.1) is 11.3 Å². The van der Waals surface area contributed by atoms with E-state index >= 15 is 0 Å². The summed E-state index contributed by atoms with van der Waals surface area (Å²) in [6.45, 7) is 4.02. The summed E-state index contributed by atoms with van der Waals surface area (Å²) in [5.41, 5.74) is -0.583. The van der Waals surface area contributed by atoms with Crippen molar-refractivity contribution in [3.8, 4) is 0 Å². The minimum Gasteiger partial charge on any atom is -0.411 e. The van der Waals surface area contributed by atoms with Crippen LogP contribution >= 0.6 is 0 Å². The van der Waals surface area contributed by atoms with Crippen LogP contribution in [0.4, 0.5) is 0 Å². The lowest BCUT2D eigenvalue weighted by molar-refractivity contribution is -0.127. The number of carbonyl (C=O) groups is 1. The first-order valence-electron chi connectivity index (χ1n) is 5.24. The molecule has 7 heteroatoms. The molecule has 0 spiro atoms. The van der Waals surface area contributed by atoms with Gasteiger partial charge in [-0.3, -0.25) is 9.48 Å². The zero-order valence-corrected chi connectivity index (χ0v) is 10.2. The molecule has 0 aliphatic heterocycles. The van der Waals surface area contributed by atoms with Crippen LogP contribution in [0.1, 0.15) is 13.8 Å². The van der Waals surface area contributed by atoms with E-state index in [1.165, 1.54) is 12.5 Å². The summed E-state index contributed by atoms with van der Waals surface area (Å²) >= 11 is 0. The van der Waals surface area contributed by atoms with E-state index in [4.69, 9.17) is 5.21 Å². The van der Waals surface area contributed by atoms with Crippen LogP contribution in [0.3, 0.4) is 0 Å². The highest BCUT2D eigenvalue weighted by atomic mass is 16.4. The van der Waals surface area contributed by atoms with Crippen LogP contribution < -0.4 is 5.32 Å². The molecule has 0 radical (unpaired) electrons. The quantitative estimate of drug-likeness (QED) is 0.434. The number of nitrogens with zero attached hydrogens (tertiary/aromatic N) is 4. The Bertz CT molecular complexity index is 385. The minimum atomic E-state index is -0.583. The SMILES string of the molecule is CNC(=O)C(Cn1cncn1)C(C)(C)C=NO. The van der Waals surface area contributed by atoms with Gasteiger partial charge in [0.15, 0.2) is 0 Å². The van der Waals surface area contributed by atoms with E-state index in [1.54, 1.807) is 18.1 Å². The van der Waals surface area contributed by atoms with Crippen LogP contribution in [0.2, 0.25) is 0 Å². The summed E-state index contributed by atoms with van der Waals surface area (Å²) in [6, 6.07) is 0. The average molecular weight is 239 g/mol. The van der Waals surface area contributed by atoms with Gasteiger partial charge < -0.3 is 10.5 Å². The zero-order valence-electron chi connectivity index (χ0n) is 10.2. The fourth-order valence-electron chi connectivity index (χ4n) is 1.58. The van der Waals surface area contributed by atoms with E-state index in [-0.39, 0.29) is 5.91 Å². The van der Waals surface area contributed by atoms with E-state index in [0.717, 1.165) is 0 Å². The third-order valence-corrected chi connectivity index (χ3v) is 2.69. The molecule has 0 aliphatic carbocycles. The maximum atomic E-state index is 11.8. The highest BCUT2D eigenvalue weighted by molar-refractivity contribution is 5.83. The highest BCUT2D eigenvalue weighted by Gasteiger charge is 2.34. The van der Waals surface area contributed by atoms with E-state index in [2.05, 4.69) is 20.6 Å². The Labute approximate surface area is 99.5 Å². The lowest BCUT2D eigenvalue weighted by atomic mass is 9.79. The van der Waals surface area contributed by atoms with E-state index < -0.39 is 11.3 Å². The number of carbonyl (C=O) groups excluding carboxylic acids is 1. The van der Waals surface area contributed by atoms with Crippen LogP contribution in [-0.4, -0.2) is 39.1 Å². The predicted molar refractivity (Wildman–Crippen MR) is 61.6 cm³/mol. The Morgan fingerprint density at radius 3 is 2.88 bits per heavy atom. The van der Waals surface area contributed by atoms with Crippen molar-refractivity contribution >= 4 is 12.1 Å². The van der Waals surface area contributed by atoms with Crippen molar-refractivity contribution in [3.63, 3.8) is 0 Å². The normalized spacial score (nSPS) is 13.8. The molecule has 0 bridgehead atoms. The number of nitrogens with one attached hydrogen (secondary N) is 1. The number of hydrogen-bond acceptors (Lipinski definition) is 5. The second kappa shape index (κ2) is 5.42. The van der Waals surface area contributed by atoms with E-state index in [0.29, 0.717) is 6.54 Å². The third-order valence-electron chi connectivity index (χ3n) is 2.69. The second-order valence-electron chi connectivity index (χ2n) is 4.35. The number of hydrogen-bond donors (Lipinski definition) is 2. The van der Waals surface area contributed by atoms with Crippen LogP contribution in [0.15, 0.2) is 17.8 Å². The molecule has 1 heterocycles. The van der Waals surface area contributed by atoms with Gasteiger partial charge >= 0.3 is 0 Å². The lowest BCUT2D eigenvalue weighted by Crippen LogP contribution is -2.41. The smallest absolute Gasteiger partial charge is 0.225 e. The van der Waals surface area contributed by atoms with E-state index in [1.807, 2.05) is 13.8 Å². The fourth-order valence-corrected chi connectivity index (χ4v) is 1.58. The predicted octanol–water partition coefficient (Wildman–Crippen LogP) is 0.126. The first kappa shape index (κ1) is 13.1. The fraction of sp³-hybridized carbons (Fsp3) is 0.600. The maximum absolute atomic E-state index is 11.8. The van der Waals surface area contributed by atoms with Gasteiger partial charge in [-0.05, 0) is 0 Å². The van der Waals surface area contributed by atoms with Crippen LogP contribution in [0.5, 0.6) is 0 Å². The van der Waals surface area contributed by atoms with Gasteiger partial charge in [0.05, 0.1) is 18.7 Å². The number of oxime groups is 1. The first-order chi connectivity index (χ1) is 8.01. The molecule has 1 aromatic rings. The van der Waals surface area contributed by atoms with Gasteiger partial charge in [0.2, 0.25) is 5.91 Å². The molecule has 1 rings (SSSR count). The minimum absolute atomic E-state index is 0.134. The van der Waals surface area contributed by atoms with Gasteiger partial charge in [-0.1, -0.05) is 13.8 Å². The summed E-state index contributed by atoms with van der Waals surface area (Å²) < 4.78 is 1.58. The van der Waals surface area contributed by atoms with Crippen molar-refractivity contribution < 1.29 is 10.0 Å². The Kier molecular flexibility index (Phi) is 4.19. The van der Waals surface area contributed by atoms with Crippen molar-refractivity contribution in [2.75, 3.05) is 7.05 Å². The average Bonchev–Trinajstić information content (AvgIpc) is 2.77. The Morgan fingerprint density at radius 2 is 2.41 bits per heavy atom. The molecule has 0 aliphatic rings. The van der Waals surface area contributed by atoms with Crippen molar-refractivity contribution in [2.24, 2.45) is 16.5 Å². The lowest BCUT2D eigenvalue weighted by Gasteiger charge is -2.28. The Hall–Kier alpha value is -1.92. The molecule has 94 valence electrons. The van der Waals surface area contributed by atoms with Crippen LogP contribution in [-0.2, 0) is 11.3 Å². The van der Waals surface area contributed by atoms with Crippen molar-refractivity contribution in [3.05, 3.63) is 12.7 Å². The maximum Gasteiger partial charge on any atom is 0.225 e. The van der Waals surface area contributed by atoms with Crippen LogP contribution in [0.25, 0.3) is 0 Å². The van der Waals surface area contributed by atoms with Gasteiger partial charge in [0, 0.05) is 12.5 Å². The van der Waals surface area contributed by atoms with E-state index in [9.17, 15) is 4.79 Å². The van der Waals surface area contributed by atoms with Gasteiger partial charge in [-0.2, -0.15) is 5.10 Å². The molecule has 0 saturated carbocycles. The summed E-state index contributed by atoms with van der Waals surface area (Å²) in [4.78, 5) is 15.7. The van der Waals surface area contributed by atoms with Gasteiger partial charge in [0.25, 0.3) is 0 Å². The van der Waals surface area contributed by atoms with Gasteiger partial charge in [0.1, 0.15) is 12.7 Å². The molecule has 0 saturated heterocycles. The monoisotopic (exact) mass is 239 g/mol. The van der Waals surface area contributed by atoms with Gasteiger partial charge in [-0.15, -0.1) is 5.16 Å². The third kappa shape index (κ3) is 3.27. The molecule has 1 atom stereocenters. The molecular formula is C10H17N5O2. The summed E-state index contributed by atoms with van der Waals surface area (Å²) in [6.07, 6.45) is 4.31. The molecule has 1 unspecified atom stereocenters. The molecule has 1 amide bonds. The van der Waals surface area contributed by atoms with Crippen molar-refractivity contribution in [2.45, 2.75) is 20.4 Å². The first-order valence-corrected chi connectivity index (χ1v) is 5.24. The summed E-state index contributed by atoms with van der Waals surface area (Å²) in [5.74, 6) is -0.532. The molecule has 1 aromatic heterocycles. The molecule has 0 fully saturated rings. The highest BCUT2D eigenvalue weighted by Crippen LogP contribution is 2.26. The largest absolute Gasteiger partial charge is 0.411 e.